The molecule has 1 atom stereocenters. The van der Waals surface area contributed by atoms with E-state index in [0.29, 0.717) is 0 Å². The van der Waals surface area contributed by atoms with Gasteiger partial charge >= 0.3 is 0 Å². The van der Waals surface area contributed by atoms with E-state index >= 15 is 0 Å². The Morgan fingerprint density at radius 1 is 1.46 bits per heavy atom. The van der Waals surface area contributed by atoms with Crippen LogP contribution in [0.4, 0.5) is 0 Å². The van der Waals surface area contributed by atoms with Gasteiger partial charge in [-0.25, -0.2) is 0 Å². The monoisotopic (exact) mass is 179 g/mol. The van der Waals surface area contributed by atoms with Crippen LogP contribution in [0.5, 0.6) is 5.75 Å². The average Bonchev–Trinajstić information content (AvgIpc) is 2.16. The van der Waals surface area contributed by atoms with Gasteiger partial charge in [0.25, 0.3) is 0 Å². The summed E-state index contributed by atoms with van der Waals surface area (Å²) in [6, 6.07) is 6.20. The number of hydrogen-bond acceptors (Lipinski definition) is 2. The molecule has 0 aromatic heterocycles. The first kappa shape index (κ1) is 10.1. The summed E-state index contributed by atoms with van der Waals surface area (Å²) in [4.78, 5) is 0. The Morgan fingerprint density at radius 2 is 2.15 bits per heavy atom. The van der Waals surface area contributed by atoms with Gasteiger partial charge in [-0.05, 0) is 25.0 Å². The Labute approximate surface area is 79.7 Å². The fourth-order valence-electron chi connectivity index (χ4n) is 1.34. The molecule has 0 aliphatic carbocycles. The minimum atomic E-state index is 0.0792. The van der Waals surface area contributed by atoms with E-state index in [4.69, 9.17) is 10.5 Å². The highest BCUT2D eigenvalue weighted by Crippen LogP contribution is 2.26. The molecule has 0 fully saturated rings. The van der Waals surface area contributed by atoms with Crippen molar-refractivity contribution in [2.45, 2.75) is 26.3 Å². The number of ether oxygens (including phenoxy) is 1. The van der Waals surface area contributed by atoms with E-state index in [1.165, 1.54) is 5.56 Å². The summed E-state index contributed by atoms with van der Waals surface area (Å²) < 4.78 is 5.27. The lowest BCUT2D eigenvalue weighted by atomic mass is 10.0. The lowest BCUT2D eigenvalue weighted by molar-refractivity contribution is 0.404. The van der Waals surface area contributed by atoms with Crippen LogP contribution < -0.4 is 10.5 Å². The van der Waals surface area contributed by atoms with Gasteiger partial charge in [0.1, 0.15) is 5.75 Å². The van der Waals surface area contributed by atoms with E-state index in [2.05, 4.69) is 13.0 Å². The predicted octanol–water partition coefficient (Wildman–Crippen LogP) is 2.41. The summed E-state index contributed by atoms with van der Waals surface area (Å²) in [5, 5.41) is 0. The highest BCUT2D eigenvalue weighted by atomic mass is 16.5. The van der Waals surface area contributed by atoms with Crippen LogP contribution in [0.15, 0.2) is 18.2 Å². The molecule has 0 saturated heterocycles. The topological polar surface area (TPSA) is 35.2 Å². The molecule has 0 aliphatic heterocycles. The first-order valence-corrected chi connectivity index (χ1v) is 4.59. The van der Waals surface area contributed by atoms with Gasteiger partial charge in [0, 0.05) is 11.6 Å². The minimum absolute atomic E-state index is 0.0792. The maximum atomic E-state index is 5.94. The van der Waals surface area contributed by atoms with Crippen molar-refractivity contribution in [3.8, 4) is 5.75 Å². The normalized spacial score (nSPS) is 12.6. The van der Waals surface area contributed by atoms with Crippen molar-refractivity contribution in [3.63, 3.8) is 0 Å². The van der Waals surface area contributed by atoms with E-state index in [1.807, 2.05) is 19.1 Å². The van der Waals surface area contributed by atoms with Crippen molar-refractivity contribution in [2.75, 3.05) is 7.11 Å². The van der Waals surface area contributed by atoms with Crippen LogP contribution >= 0.6 is 0 Å². The SMILES string of the molecule is CCC(N)c1ccc(C)cc1OC. The summed E-state index contributed by atoms with van der Waals surface area (Å²) in [6.07, 6.45) is 0.930. The summed E-state index contributed by atoms with van der Waals surface area (Å²) in [6.45, 7) is 4.12. The first-order valence-electron chi connectivity index (χ1n) is 4.59. The predicted molar refractivity (Wildman–Crippen MR) is 55.0 cm³/mol. The third-order valence-electron chi connectivity index (χ3n) is 2.23. The largest absolute Gasteiger partial charge is 0.496 e. The zero-order valence-corrected chi connectivity index (χ0v) is 8.50. The lowest BCUT2D eigenvalue weighted by Crippen LogP contribution is -2.10. The number of benzene rings is 1. The van der Waals surface area contributed by atoms with Crippen molar-refractivity contribution in [3.05, 3.63) is 29.3 Å². The molecule has 0 spiro atoms. The van der Waals surface area contributed by atoms with Gasteiger partial charge in [-0.2, -0.15) is 0 Å². The van der Waals surface area contributed by atoms with Crippen molar-refractivity contribution in [1.82, 2.24) is 0 Å². The van der Waals surface area contributed by atoms with Crippen LogP contribution in [0.3, 0.4) is 0 Å². The number of nitrogens with two attached hydrogens (primary N) is 1. The number of methoxy groups -OCH3 is 1. The second-order valence-electron chi connectivity index (χ2n) is 3.26. The van der Waals surface area contributed by atoms with Crippen LogP contribution in [-0.2, 0) is 0 Å². The van der Waals surface area contributed by atoms with E-state index in [1.54, 1.807) is 7.11 Å². The standard InChI is InChI=1S/C11H17NO/c1-4-10(12)9-6-5-8(2)7-11(9)13-3/h5-7,10H,4,12H2,1-3H3. The van der Waals surface area contributed by atoms with Crippen LogP contribution in [0.25, 0.3) is 0 Å². The van der Waals surface area contributed by atoms with Gasteiger partial charge in [0.15, 0.2) is 0 Å². The summed E-state index contributed by atoms with van der Waals surface area (Å²) in [5.74, 6) is 0.898. The zero-order valence-electron chi connectivity index (χ0n) is 8.50. The van der Waals surface area contributed by atoms with Gasteiger partial charge in [-0.3, -0.25) is 0 Å². The highest BCUT2D eigenvalue weighted by Gasteiger charge is 2.09. The summed E-state index contributed by atoms with van der Waals surface area (Å²) >= 11 is 0. The van der Waals surface area contributed by atoms with Crippen molar-refractivity contribution in [1.29, 1.82) is 0 Å². The third kappa shape index (κ3) is 2.22. The van der Waals surface area contributed by atoms with Gasteiger partial charge in [0.05, 0.1) is 7.11 Å². The Morgan fingerprint density at radius 3 is 2.69 bits per heavy atom. The molecule has 0 amide bonds. The molecule has 2 heteroatoms. The molecule has 2 nitrogen and oxygen atoms in total. The van der Waals surface area contributed by atoms with Gasteiger partial charge in [-0.15, -0.1) is 0 Å². The fourth-order valence-corrected chi connectivity index (χ4v) is 1.34. The van der Waals surface area contributed by atoms with E-state index < -0.39 is 0 Å². The maximum absolute atomic E-state index is 5.94. The Bertz CT molecular complexity index is 283. The molecule has 0 heterocycles. The number of hydrogen-bond donors (Lipinski definition) is 1. The molecule has 0 saturated carbocycles. The first-order chi connectivity index (χ1) is 6.19. The summed E-state index contributed by atoms with van der Waals surface area (Å²) in [5.41, 5.74) is 8.23. The Balaban J connectivity index is 3.05. The molecule has 1 aromatic rings. The van der Waals surface area contributed by atoms with Gasteiger partial charge in [0.2, 0.25) is 0 Å². The number of rotatable bonds is 3. The molecule has 1 unspecified atom stereocenters. The van der Waals surface area contributed by atoms with Crippen LogP contribution in [0, 0.1) is 6.92 Å². The van der Waals surface area contributed by atoms with Crippen LogP contribution in [0.2, 0.25) is 0 Å². The maximum Gasteiger partial charge on any atom is 0.123 e. The van der Waals surface area contributed by atoms with Crippen molar-refractivity contribution in [2.24, 2.45) is 5.73 Å². The molecular formula is C11H17NO. The quantitative estimate of drug-likeness (QED) is 0.773. The molecule has 0 aliphatic rings. The Hall–Kier alpha value is -1.02. The summed E-state index contributed by atoms with van der Waals surface area (Å²) in [7, 11) is 1.68. The smallest absolute Gasteiger partial charge is 0.123 e. The van der Waals surface area contributed by atoms with Crippen LogP contribution in [-0.4, -0.2) is 7.11 Å². The van der Waals surface area contributed by atoms with Gasteiger partial charge < -0.3 is 10.5 Å². The third-order valence-corrected chi connectivity index (χ3v) is 2.23. The number of aryl methyl sites for hydroxylation is 1. The average molecular weight is 179 g/mol. The van der Waals surface area contributed by atoms with Gasteiger partial charge in [-0.1, -0.05) is 19.1 Å². The lowest BCUT2D eigenvalue weighted by Gasteiger charge is -2.14. The molecular weight excluding hydrogens is 162 g/mol. The highest BCUT2D eigenvalue weighted by molar-refractivity contribution is 5.38. The Kier molecular flexibility index (Phi) is 3.32. The second kappa shape index (κ2) is 4.28. The fraction of sp³-hybridized carbons (Fsp3) is 0.455. The van der Waals surface area contributed by atoms with Crippen LogP contribution in [0.1, 0.15) is 30.5 Å². The van der Waals surface area contributed by atoms with E-state index in [9.17, 15) is 0 Å². The molecule has 72 valence electrons. The molecule has 1 rings (SSSR count). The zero-order chi connectivity index (χ0) is 9.84. The molecule has 13 heavy (non-hydrogen) atoms. The molecule has 1 aromatic carbocycles. The second-order valence-corrected chi connectivity index (χ2v) is 3.26. The molecule has 0 bridgehead atoms. The minimum Gasteiger partial charge on any atom is -0.496 e. The van der Waals surface area contributed by atoms with E-state index in [-0.39, 0.29) is 6.04 Å². The molecule has 0 radical (unpaired) electrons. The van der Waals surface area contributed by atoms with Crippen molar-refractivity contribution < 1.29 is 4.74 Å². The molecule has 2 N–H and O–H groups in total. The van der Waals surface area contributed by atoms with E-state index in [0.717, 1.165) is 17.7 Å². The van der Waals surface area contributed by atoms with Crippen molar-refractivity contribution >= 4 is 0 Å².